The van der Waals surface area contributed by atoms with Crippen molar-refractivity contribution in [2.75, 3.05) is 0 Å². The van der Waals surface area contributed by atoms with E-state index in [9.17, 15) is 10.5 Å². The molecule has 0 aromatic rings. The van der Waals surface area contributed by atoms with Gasteiger partial charge in [-0.05, 0) is 6.42 Å². The standard InChI is InChI=1S/C15H18N4O2/c1-4-5-6-10-15(8-17)12-19-11(18)14(15,7-16)9(2)13(3,20-10)21-12/h9-10,18H,4-6H2,1-3H3/t9-,10-,13+,14-,15+/m1/s1. The average molecular weight is 286 g/mol. The van der Waals surface area contributed by atoms with E-state index in [0.29, 0.717) is 6.42 Å². The molecule has 0 radical (unpaired) electrons. The third kappa shape index (κ3) is 1.25. The van der Waals surface area contributed by atoms with Crippen LogP contribution in [0.4, 0.5) is 0 Å². The molecule has 0 saturated carbocycles. The smallest absolute Gasteiger partial charge is 0.218 e. The minimum absolute atomic E-state index is 0.0671. The molecule has 1 N–H and O–H groups in total. The summed E-state index contributed by atoms with van der Waals surface area (Å²) in [5, 5.41) is 27.9. The molecule has 6 nitrogen and oxygen atoms in total. The Morgan fingerprint density at radius 3 is 2.57 bits per heavy atom. The van der Waals surface area contributed by atoms with Crippen molar-refractivity contribution in [3.05, 3.63) is 0 Å². The Labute approximate surface area is 123 Å². The number of nitriles is 2. The molecule has 4 heterocycles. The fourth-order valence-corrected chi connectivity index (χ4v) is 3.96. The highest BCUT2D eigenvalue weighted by atomic mass is 16.7. The number of nitrogens with one attached hydrogen (secondary N) is 1. The Kier molecular flexibility index (Phi) is 2.71. The third-order valence-electron chi connectivity index (χ3n) is 5.31. The van der Waals surface area contributed by atoms with Gasteiger partial charge in [0.05, 0.1) is 18.2 Å². The first-order valence-electron chi connectivity index (χ1n) is 7.30. The minimum Gasteiger partial charge on any atom is -0.447 e. The summed E-state index contributed by atoms with van der Waals surface area (Å²) in [6.07, 6.45) is 2.06. The summed E-state index contributed by atoms with van der Waals surface area (Å²) in [5.74, 6) is -1.31. The van der Waals surface area contributed by atoms with Gasteiger partial charge in [0.15, 0.2) is 10.8 Å². The lowest BCUT2D eigenvalue weighted by molar-refractivity contribution is -0.330. The first-order valence-corrected chi connectivity index (χ1v) is 7.30. The molecule has 4 aliphatic rings. The fourth-order valence-electron chi connectivity index (χ4n) is 3.96. The zero-order valence-electron chi connectivity index (χ0n) is 12.4. The van der Waals surface area contributed by atoms with E-state index in [0.717, 1.165) is 12.8 Å². The van der Waals surface area contributed by atoms with Gasteiger partial charge in [-0.25, -0.2) is 0 Å². The summed E-state index contributed by atoms with van der Waals surface area (Å²) in [5.41, 5.74) is -2.56. The second-order valence-corrected chi connectivity index (χ2v) is 6.19. The molecule has 0 unspecified atom stereocenters. The van der Waals surface area contributed by atoms with E-state index in [1.54, 1.807) is 13.8 Å². The van der Waals surface area contributed by atoms with Gasteiger partial charge in [0.25, 0.3) is 0 Å². The molecule has 3 saturated heterocycles. The number of ether oxygens (including phenoxy) is 2. The lowest BCUT2D eigenvalue weighted by atomic mass is 9.51. The van der Waals surface area contributed by atoms with Crippen LogP contribution >= 0.6 is 0 Å². The second kappa shape index (κ2) is 4.05. The fraction of sp³-hybridized carbons (Fsp3) is 0.733. The molecule has 21 heavy (non-hydrogen) atoms. The van der Waals surface area contributed by atoms with E-state index >= 15 is 0 Å². The van der Waals surface area contributed by atoms with Crippen LogP contribution in [0.1, 0.15) is 40.0 Å². The number of fused-ring (bicyclic) bond motifs is 1. The van der Waals surface area contributed by atoms with Crippen molar-refractivity contribution in [1.29, 1.82) is 15.9 Å². The SMILES string of the molecule is CCCC[C@H]1O[C@@]2(C)OC3=NC(=N)[C@@](C#N)([C@@H]2C)[C@]31C#N. The van der Waals surface area contributed by atoms with Crippen molar-refractivity contribution in [3.63, 3.8) is 0 Å². The highest BCUT2D eigenvalue weighted by Crippen LogP contribution is 2.66. The molecule has 0 spiro atoms. The molecule has 0 aromatic heterocycles. The summed E-state index contributed by atoms with van der Waals surface area (Å²) in [6, 6.07) is 4.49. The van der Waals surface area contributed by atoms with Crippen molar-refractivity contribution in [3.8, 4) is 12.1 Å². The van der Waals surface area contributed by atoms with Gasteiger partial charge < -0.3 is 9.47 Å². The molecule has 110 valence electrons. The topological polar surface area (TPSA) is 102 Å². The van der Waals surface area contributed by atoms with Crippen LogP contribution < -0.4 is 0 Å². The van der Waals surface area contributed by atoms with Gasteiger partial charge in [0.1, 0.15) is 5.84 Å². The first kappa shape index (κ1) is 14.0. The number of amidine groups is 1. The molecule has 0 aliphatic carbocycles. The number of rotatable bonds is 3. The minimum atomic E-state index is -1.29. The molecular weight excluding hydrogens is 268 g/mol. The summed E-state index contributed by atoms with van der Waals surface area (Å²) < 4.78 is 11.9. The number of aliphatic imine (C=N–C) groups is 1. The second-order valence-electron chi connectivity index (χ2n) is 6.19. The van der Waals surface area contributed by atoms with E-state index < -0.39 is 28.6 Å². The van der Waals surface area contributed by atoms with Crippen LogP contribution in [-0.2, 0) is 9.47 Å². The average Bonchev–Trinajstić information content (AvgIpc) is 2.68. The maximum atomic E-state index is 9.89. The molecule has 4 bridgehead atoms. The van der Waals surface area contributed by atoms with Gasteiger partial charge in [-0.15, -0.1) is 0 Å². The van der Waals surface area contributed by atoms with Crippen molar-refractivity contribution in [2.45, 2.75) is 51.9 Å². The number of hydrogen-bond donors (Lipinski definition) is 1. The maximum absolute atomic E-state index is 9.89. The van der Waals surface area contributed by atoms with Crippen LogP contribution in [0.5, 0.6) is 0 Å². The number of nitrogens with zero attached hydrogens (tertiary/aromatic N) is 3. The molecule has 6 heteroatoms. The Morgan fingerprint density at radius 1 is 1.33 bits per heavy atom. The quantitative estimate of drug-likeness (QED) is 0.860. The highest BCUT2D eigenvalue weighted by Gasteiger charge is 2.81. The Hall–Kier alpha value is -1.92. The van der Waals surface area contributed by atoms with Gasteiger partial charge in [0, 0.05) is 12.8 Å². The molecule has 3 fully saturated rings. The Morgan fingerprint density at radius 2 is 2.00 bits per heavy atom. The summed E-state index contributed by atoms with van der Waals surface area (Å²) in [6.45, 7) is 5.64. The Balaban J connectivity index is 2.22. The van der Waals surface area contributed by atoms with Crippen molar-refractivity contribution < 1.29 is 9.47 Å². The summed E-state index contributed by atoms with van der Waals surface area (Å²) >= 11 is 0. The largest absolute Gasteiger partial charge is 0.447 e. The molecular formula is C15H18N4O2. The van der Waals surface area contributed by atoms with Crippen molar-refractivity contribution >= 4 is 11.7 Å². The lowest BCUT2D eigenvalue weighted by Crippen LogP contribution is -2.73. The normalized spacial score (nSPS) is 46.5. The first-order chi connectivity index (χ1) is 9.92. The van der Waals surface area contributed by atoms with Gasteiger partial charge in [-0.2, -0.15) is 15.5 Å². The summed E-state index contributed by atoms with van der Waals surface area (Å²) in [7, 11) is 0. The number of hydrogen-bond acceptors (Lipinski definition) is 5. The van der Waals surface area contributed by atoms with Gasteiger partial charge in [0.2, 0.25) is 11.7 Å². The van der Waals surface area contributed by atoms with Crippen molar-refractivity contribution in [2.24, 2.45) is 21.7 Å². The van der Waals surface area contributed by atoms with Crippen LogP contribution in [0, 0.1) is 44.8 Å². The maximum Gasteiger partial charge on any atom is 0.218 e. The van der Waals surface area contributed by atoms with E-state index in [2.05, 4.69) is 24.1 Å². The summed E-state index contributed by atoms with van der Waals surface area (Å²) in [4.78, 5) is 4.13. The molecule has 4 aliphatic heterocycles. The van der Waals surface area contributed by atoms with Crippen LogP contribution in [0.25, 0.3) is 0 Å². The van der Waals surface area contributed by atoms with E-state index in [1.165, 1.54) is 0 Å². The van der Waals surface area contributed by atoms with Crippen LogP contribution in [-0.4, -0.2) is 23.6 Å². The third-order valence-corrected chi connectivity index (χ3v) is 5.31. The molecule has 5 atom stereocenters. The van der Waals surface area contributed by atoms with Crippen LogP contribution in [0.3, 0.4) is 0 Å². The molecule has 4 rings (SSSR count). The molecule has 0 amide bonds. The predicted octanol–water partition coefficient (Wildman–Crippen LogP) is 2.37. The molecule has 0 aromatic carbocycles. The van der Waals surface area contributed by atoms with E-state index in [1.807, 2.05) is 0 Å². The van der Waals surface area contributed by atoms with Gasteiger partial charge in [-0.1, -0.05) is 26.7 Å². The van der Waals surface area contributed by atoms with E-state index in [4.69, 9.17) is 14.9 Å². The zero-order chi connectivity index (χ0) is 15.5. The number of unbranched alkanes of at least 4 members (excludes halogenated alkanes) is 1. The predicted molar refractivity (Wildman–Crippen MR) is 74.3 cm³/mol. The zero-order valence-corrected chi connectivity index (χ0v) is 12.4. The van der Waals surface area contributed by atoms with Crippen LogP contribution in [0.2, 0.25) is 0 Å². The van der Waals surface area contributed by atoms with E-state index in [-0.39, 0.29) is 11.7 Å². The Bertz CT molecular complexity index is 631. The van der Waals surface area contributed by atoms with Gasteiger partial charge >= 0.3 is 0 Å². The lowest BCUT2D eigenvalue weighted by Gasteiger charge is -2.60. The van der Waals surface area contributed by atoms with Crippen molar-refractivity contribution in [1.82, 2.24) is 0 Å². The highest BCUT2D eigenvalue weighted by molar-refractivity contribution is 6.12. The monoisotopic (exact) mass is 286 g/mol. The van der Waals surface area contributed by atoms with Crippen LogP contribution in [0.15, 0.2) is 4.99 Å². The van der Waals surface area contributed by atoms with Gasteiger partial charge in [-0.3, -0.25) is 5.41 Å².